The maximum Gasteiger partial charge on any atom is 0.380 e. The number of hydrogen-bond acceptors (Lipinski definition) is 3. The molecule has 1 heterocycles. The van der Waals surface area contributed by atoms with Gasteiger partial charge >= 0.3 is 7.60 Å². The predicted octanol–water partition coefficient (Wildman–Crippen LogP) is 2.83. The highest BCUT2D eigenvalue weighted by Crippen LogP contribution is 2.49. The van der Waals surface area contributed by atoms with Crippen LogP contribution in [0.3, 0.4) is 0 Å². The third-order valence-corrected chi connectivity index (χ3v) is 4.37. The van der Waals surface area contributed by atoms with Gasteiger partial charge < -0.3 is 9.42 Å². The zero-order chi connectivity index (χ0) is 11.3. The van der Waals surface area contributed by atoms with Gasteiger partial charge in [0.05, 0.1) is 5.66 Å². The van der Waals surface area contributed by atoms with Gasteiger partial charge in [-0.25, -0.2) is 9.55 Å². The molecule has 1 rings (SSSR count). The Morgan fingerprint density at radius 2 is 2.13 bits per heavy atom. The van der Waals surface area contributed by atoms with Crippen molar-refractivity contribution in [1.29, 1.82) is 0 Å². The van der Waals surface area contributed by atoms with Crippen LogP contribution in [0.2, 0.25) is 0 Å². The summed E-state index contributed by atoms with van der Waals surface area (Å²) in [5.41, 5.74) is -0.320. The fourth-order valence-electron chi connectivity index (χ4n) is 1.36. The van der Waals surface area contributed by atoms with Crippen molar-refractivity contribution >= 4 is 7.60 Å². The lowest BCUT2D eigenvalue weighted by Crippen LogP contribution is -2.10. The average Bonchev–Trinajstić information content (AvgIpc) is 2.19. The Morgan fingerprint density at radius 3 is 2.60 bits per heavy atom. The largest absolute Gasteiger partial charge is 0.406 e. The Balaban J connectivity index is 2.76. The van der Waals surface area contributed by atoms with Gasteiger partial charge in [0.2, 0.25) is 5.88 Å². The lowest BCUT2D eigenvalue weighted by molar-refractivity contribution is 0.355. The third-order valence-electron chi connectivity index (χ3n) is 2.27. The van der Waals surface area contributed by atoms with Gasteiger partial charge in [0.25, 0.3) is 0 Å². The smallest absolute Gasteiger partial charge is 0.380 e. The van der Waals surface area contributed by atoms with Gasteiger partial charge in [0.15, 0.2) is 0 Å². The monoisotopic (exact) mass is 229 g/mol. The second-order valence-corrected chi connectivity index (χ2v) is 5.33. The molecule has 0 radical (unpaired) electrons. The van der Waals surface area contributed by atoms with Gasteiger partial charge in [-0.05, 0) is 18.9 Å². The molecule has 5 heteroatoms. The van der Waals surface area contributed by atoms with E-state index < -0.39 is 7.60 Å². The molecule has 1 N–H and O–H groups in total. The Bertz CT molecular complexity index is 338. The molecule has 0 aliphatic rings. The van der Waals surface area contributed by atoms with E-state index in [-0.39, 0.29) is 11.5 Å². The van der Waals surface area contributed by atoms with E-state index in [1.807, 2.05) is 13.8 Å². The van der Waals surface area contributed by atoms with Crippen LogP contribution in [0.4, 0.5) is 0 Å². The van der Waals surface area contributed by atoms with E-state index in [2.05, 4.69) is 4.98 Å². The van der Waals surface area contributed by atoms with Crippen molar-refractivity contribution in [1.82, 2.24) is 4.98 Å². The Kier molecular flexibility index (Phi) is 4.30. The molecular weight excluding hydrogens is 213 g/mol. The summed E-state index contributed by atoms with van der Waals surface area (Å²) < 4.78 is 16.9. The topological polar surface area (TPSA) is 59.4 Å². The molecule has 0 aliphatic carbocycles. The van der Waals surface area contributed by atoms with Crippen molar-refractivity contribution in [3.63, 3.8) is 0 Å². The van der Waals surface area contributed by atoms with Gasteiger partial charge in [-0.1, -0.05) is 19.9 Å². The van der Waals surface area contributed by atoms with Gasteiger partial charge in [-0.2, -0.15) is 0 Å². The SMILES string of the molecule is CCC(CC)P(=O)(O)Oc1ccccn1. The van der Waals surface area contributed by atoms with E-state index in [4.69, 9.17) is 4.52 Å². The summed E-state index contributed by atoms with van der Waals surface area (Å²) in [6, 6.07) is 5.02. The fraction of sp³-hybridized carbons (Fsp3) is 0.500. The van der Waals surface area contributed by atoms with Crippen LogP contribution >= 0.6 is 7.60 Å². The fourth-order valence-corrected chi connectivity index (χ4v) is 2.81. The molecule has 0 bridgehead atoms. The molecule has 0 spiro atoms. The Labute approximate surface area is 89.8 Å². The predicted molar refractivity (Wildman–Crippen MR) is 59.1 cm³/mol. The zero-order valence-electron chi connectivity index (χ0n) is 8.96. The molecule has 4 nitrogen and oxygen atoms in total. The molecule has 1 atom stereocenters. The Hall–Kier alpha value is -0.860. The van der Waals surface area contributed by atoms with E-state index >= 15 is 0 Å². The molecule has 1 aromatic rings. The summed E-state index contributed by atoms with van der Waals surface area (Å²) in [7, 11) is -3.59. The minimum Gasteiger partial charge on any atom is -0.406 e. The molecule has 0 saturated carbocycles. The minimum absolute atomic E-state index is 0.204. The number of aromatic nitrogens is 1. The average molecular weight is 229 g/mol. The van der Waals surface area contributed by atoms with Gasteiger partial charge in [0.1, 0.15) is 0 Å². The van der Waals surface area contributed by atoms with Gasteiger partial charge in [-0.3, -0.25) is 0 Å². The molecule has 84 valence electrons. The molecule has 0 aromatic carbocycles. The van der Waals surface area contributed by atoms with Crippen LogP contribution in [0.5, 0.6) is 5.88 Å². The van der Waals surface area contributed by atoms with E-state index in [1.54, 1.807) is 18.2 Å². The summed E-state index contributed by atoms with van der Waals surface area (Å²) in [5.74, 6) is 0.204. The van der Waals surface area contributed by atoms with E-state index in [9.17, 15) is 9.46 Å². The van der Waals surface area contributed by atoms with Crippen LogP contribution in [0.1, 0.15) is 26.7 Å². The van der Waals surface area contributed by atoms with Crippen molar-refractivity contribution in [2.24, 2.45) is 0 Å². The van der Waals surface area contributed by atoms with E-state index in [0.29, 0.717) is 12.8 Å². The molecule has 1 aromatic heterocycles. The first kappa shape index (κ1) is 12.2. The molecule has 1 unspecified atom stereocenters. The molecule has 0 amide bonds. The Morgan fingerprint density at radius 1 is 1.47 bits per heavy atom. The van der Waals surface area contributed by atoms with Crippen molar-refractivity contribution in [2.75, 3.05) is 0 Å². The molecule has 0 saturated heterocycles. The van der Waals surface area contributed by atoms with Crippen LogP contribution in [0.25, 0.3) is 0 Å². The zero-order valence-corrected chi connectivity index (χ0v) is 9.85. The highest BCUT2D eigenvalue weighted by atomic mass is 31.2. The lowest BCUT2D eigenvalue weighted by Gasteiger charge is -2.19. The van der Waals surface area contributed by atoms with Crippen molar-refractivity contribution in [2.45, 2.75) is 32.3 Å². The molecule has 0 fully saturated rings. The van der Waals surface area contributed by atoms with Crippen molar-refractivity contribution in [3.05, 3.63) is 24.4 Å². The van der Waals surface area contributed by atoms with Crippen LogP contribution in [0, 0.1) is 0 Å². The van der Waals surface area contributed by atoms with Crippen molar-refractivity contribution in [3.8, 4) is 5.88 Å². The highest BCUT2D eigenvalue weighted by molar-refractivity contribution is 7.54. The van der Waals surface area contributed by atoms with Crippen LogP contribution in [-0.4, -0.2) is 15.5 Å². The minimum atomic E-state index is -3.59. The summed E-state index contributed by atoms with van der Waals surface area (Å²) >= 11 is 0. The second kappa shape index (κ2) is 5.29. The van der Waals surface area contributed by atoms with Crippen LogP contribution in [-0.2, 0) is 4.57 Å². The number of rotatable bonds is 5. The standard InChI is InChI=1S/C10H16NO3P/c1-3-9(4-2)15(12,13)14-10-7-5-6-8-11-10/h5-9H,3-4H2,1-2H3,(H,12,13). The molecular formula is C10H16NO3P. The quantitative estimate of drug-likeness (QED) is 0.788. The van der Waals surface area contributed by atoms with Gasteiger partial charge in [0, 0.05) is 12.3 Å². The summed E-state index contributed by atoms with van der Waals surface area (Å²) in [6.07, 6.45) is 2.77. The number of nitrogens with zero attached hydrogens (tertiary/aromatic N) is 1. The van der Waals surface area contributed by atoms with Gasteiger partial charge in [-0.15, -0.1) is 0 Å². The summed E-state index contributed by atoms with van der Waals surface area (Å²) in [5, 5.41) is 0. The van der Waals surface area contributed by atoms with Crippen molar-refractivity contribution < 1.29 is 14.0 Å². The molecule has 15 heavy (non-hydrogen) atoms. The lowest BCUT2D eigenvalue weighted by atomic mass is 10.3. The normalized spacial score (nSPS) is 14.9. The number of pyridine rings is 1. The van der Waals surface area contributed by atoms with Crippen LogP contribution in [0.15, 0.2) is 24.4 Å². The third kappa shape index (κ3) is 3.33. The first-order chi connectivity index (χ1) is 7.10. The van der Waals surface area contributed by atoms with Crippen LogP contribution < -0.4 is 4.52 Å². The maximum absolute atomic E-state index is 11.8. The number of hydrogen-bond donors (Lipinski definition) is 1. The summed E-state index contributed by atoms with van der Waals surface area (Å²) in [4.78, 5) is 13.6. The first-order valence-corrected chi connectivity index (χ1v) is 6.68. The summed E-state index contributed by atoms with van der Waals surface area (Å²) in [6.45, 7) is 3.75. The van der Waals surface area contributed by atoms with E-state index in [1.165, 1.54) is 6.20 Å². The van der Waals surface area contributed by atoms with E-state index in [0.717, 1.165) is 0 Å². The maximum atomic E-state index is 11.8. The highest BCUT2D eigenvalue weighted by Gasteiger charge is 2.31. The molecule has 0 aliphatic heterocycles. The first-order valence-electron chi connectivity index (χ1n) is 5.03. The second-order valence-electron chi connectivity index (χ2n) is 3.29.